The molecule has 4 rings (SSSR count). The van der Waals surface area contributed by atoms with Crippen LogP contribution in [0.1, 0.15) is 0 Å². The van der Waals surface area contributed by atoms with Gasteiger partial charge >= 0.3 is 5.97 Å². The Hall–Kier alpha value is -3.64. The molecule has 1 aromatic heterocycles. The van der Waals surface area contributed by atoms with Gasteiger partial charge in [-0.3, -0.25) is 4.79 Å². The Kier molecular flexibility index (Phi) is 5.48. The Morgan fingerprint density at radius 3 is 2.31 bits per heavy atom. The quantitative estimate of drug-likeness (QED) is 0.299. The van der Waals surface area contributed by atoms with Crippen LogP contribution in [0.15, 0.2) is 51.7 Å². The normalized spacial score (nSPS) is 25.5. The Bertz CT molecular complexity index is 1220. The van der Waals surface area contributed by atoms with Crippen molar-refractivity contribution in [2.24, 2.45) is 0 Å². The average Bonchev–Trinajstić information content (AvgIpc) is 2.77. The van der Waals surface area contributed by atoms with E-state index in [9.17, 15) is 35.1 Å². The molecule has 0 saturated carbocycles. The number of ether oxygens (including phenoxy) is 2. The Labute approximate surface area is 178 Å². The number of carbonyl (C=O) groups is 1. The highest BCUT2D eigenvalue weighted by Gasteiger charge is 2.48. The topological polar surface area (TPSA) is 187 Å². The van der Waals surface area contributed by atoms with Crippen LogP contribution >= 0.6 is 0 Å². The highest BCUT2D eigenvalue weighted by atomic mass is 16.7. The lowest BCUT2D eigenvalue weighted by molar-refractivity contribution is -0.271. The van der Waals surface area contributed by atoms with Crippen LogP contribution in [0.25, 0.3) is 22.3 Å². The summed E-state index contributed by atoms with van der Waals surface area (Å²) in [6.45, 7) is 0. The lowest BCUT2D eigenvalue weighted by Gasteiger charge is -2.38. The van der Waals surface area contributed by atoms with Gasteiger partial charge in [0, 0.05) is 17.7 Å². The molecule has 11 nitrogen and oxygen atoms in total. The van der Waals surface area contributed by atoms with Gasteiger partial charge in [-0.15, -0.1) is 0 Å². The predicted octanol–water partition coefficient (Wildman–Crippen LogP) is 0.142. The van der Waals surface area contributed by atoms with E-state index in [0.29, 0.717) is 5.56 Å². The third kappa shape index (κ3) is 3.63. The number of carboxylic acid groups (broad SMARTS) is 1. The van der Waals surface area contributed by atoms with Crippen molar-refractivity contribution in [1.29, 1.82) is 0 Å². The maximum atomic E-state index is 12.5. The van der Waals surface area contributed by atoms with Gasteiger partial charge in [-0.05, 0) is 0 Å². The van der Waals surface area contributed by atoms with Crippen molar-refractivity contribution in [3.05, 3.63) is 52.7 Å². The summed E-state index contributed by atoms with van der Waals surface area (Å²) in [5.41, 5.74) is -0.556. The molecule has 11 heteroatoms. The molecule has 0 amide bonds. The van der Waals surface area contributed by atoms with E-state index in [1.807, 2.05) is 0 Å². The van der Waals surface area contributed by atoms with Gasteiger partial charge in [-0.2, -0.15) is 0 Å². The number of aliphatic carboxylic acids is 1. The highest BCUT2D eigenvalue weighted by Crippen LogP contribution is 2.41. The predicted molar refractivity (Wildman–Crippen MR) is 106 cm³/mol. The zero-order valence-electron chi connectivity index (χ0n) is 16.2. The molecule has 3 aromatic rings. The molecule has 32 heavy (non-hydrogen) atoms. The van der Waals surface area contributed by atoms with E-state index in [4.69, 9.17) is 19.0 Å². The molecule has 0 radical (unpaired) electrons. The Morgan fingerprint density at radius 2 is 1.66 bits per heavy atom. The first-order valence-electron chi connectivity index (χ1n) is 9.36. The number of hydrogen-bond acceptors (Lipinski definition) is 10. The minimum Gasteiger partial charge on any atom is -0.507 e. The van der Waals surface area contributed by atoms with Gasteiger partial charge < -0.3 is 44.5 Å². The van der Waals surface area contributed by atoms with Crippen LogP contribution in [-0.4, -0.2) is 67.3 Å². The summed E-state index contributed by atoms with van der Waals surface area (Å²) in [5, 5.41) is 59.5. The Balaban J connectivity index is 1.77. The third-order valence-corrected chi connectivity index (χ3v) is 5.03. The van der Waals surface area contributed by atoms with Crippen LogP contribution < -0.4 is 10.2 Å². The fraction of sp³-hybridized carbons (Fsp3) is 0.238. The van der Waals surface area contributed by atoms with Gasteiger partial charge in [0.2, 0.25) is 12.0 Å². The number of aliphatic hydroxyl groups excluding tert-OH is 3. The van der Waals surface area contributed by atoms with Crippen LogP contribution in [-0.2, 0) is 9.53 Å². The molecule has 1 aliphatic heterocycles. The van der Waals surface area contributed by atoms with Crippen LogP contribution in [0.3, 0.4) is 0 Å². The van der Waals surface area contributed by atoms with Crippen molar-refractivity contribution < 1.29 is 49.3 Å². The fourth-order valence-corrected chi connectivity index (χ4v) is 3.39. The second-order valence-corrected chi connectivity index (χ2v) is 7.14. The van der Waals surface area contributed by atoms with Gasteiger partial charge in [0.1, 0.15) is 35.2 Å². The molecule has 0 bridgehead atoms. The van der Waals surface area contributed by atoms with E-state index in [-0.39, 0.29) is 11.1 Å². The van der Waals surface area contributed by atoms with Crippen molar-refractivity contribution in [2.45, 2.75) is 30.7 Å². The second-order valence-electron chi connectivity index (χ2n) is 7.14. The molecule has 0 unspecified atom stereocenters. The number of fused-ring (bicyclic) bond motifs is 1. The van der Waals surface area contributed by atoms with Gasteiger partial charge in [0.05, 0.1) is 0 Å². The maximum absolute atomic E-state index is 12.5. The summed E-state index contributed by atoms with van der Waals surface area (Å²) in [5.74, 6) is -3.42. The van der Waals surface area contributed by atoms with Crippen molar-refractivity contribution in [1.82, 2.24) is 0 Å². The minimum atomic E-state index is -1.94. The summed E-state index contributed by atoms with van der Waals surface area (Å²) in [6.07, 6.45) is -9.56. The Morgan fingerprint density at radius 1 is 0.969 bits per heavy atom. The molecule has 1 fully saturated rings. The first-order valence-corrected chi connectivity index (χ1v) is 9.36. The van der Waals surface area contributed by atoms with Crippen molar-refractivity contribution in [3.8, 4) is 28.6 Å². The number of aliphatic hydroxyl groups is 3. The number of phenolic OH excluding ortho intramolecular Hbond substituents is 2. The van der Waals surface area contributed by atoms with E-state index in [2.05, 4.69) is 0 Å². The summed E-state index contributed by atoms with van der Waals surface area (Å²) < 4.78 is 15.9. The van der Waals surface area contributed by atoms with E-state index >= 15 is 0 Å². The highest BCUT2D eigenvalue weighted by molar-refractivity contribution is 5.91. The van der Waals surface area contributed by atoms with E-state index in [1.54, 1.807) is 30.3 Å². The van der Waals surface area contributed by atoms with Crippen LogP contribution in [0.2, 0.25) is 0 Å². The first-order chi connectivity index (χ1) is 15.2. The number of rotatable bonds is 4. The van der Waals surface area contributed by atoms with E-state index in [0.717, 1.165) is 12.1 Å². The third-order valence-electron chi connectivity index (χ3n) is 5.03. The van der Waals surface area contributed by atoms with Gasteiger partial charge in [-0.25, -0.2) is 4.79 Å². The fourth-order valence-electron chi connectivity index (χ4n) is 3.39. The number of aromatic hydroxyl groups is 2. The largest absolute Gasteiger partial charge is 0.507 e. The lowest BCUT2D eigenvalue weighted by atomic mass is 9.99. The van der Waals surface area contributed by atoms with Crippen molar-refractivity contribution in [3.63, 3.8) is 0 Å². The van der Waals surface area contributed by atoms with Gasteiger partial charge in [0.15, 0.2) is 22.9 Å². The van der Waals surface area contributed by atoms with Crippen LogP contribution in [0, 0.1) is 0 Å². The number of hydrogen-bond donors (Lipinski definition) is 6. The van der Waals surface area contributed by atoms with Gasteiger partial charge in [0.25, 0.3) is 0 Å². The standard InChI is InChI=1S/C21H18O11/c22-9-6-11(8-4-2-1-3-5-8)30-18-13(9)10(23)7-12(14(18)24)31-21-17(27)15(25)16(26)19(32-21)20(28)29/h1-7,15-17,19,21,23-27H,(H,28,29)/t15-,16+,17+,19-,21+/m0/s1. The van der Waals surface area contributed by atoms with E-state index in [1.165, 1.54) is 0 Å². The van der Waals surface area contributed by atoms with E-state index < -0.39 is 64.9 Å². The first kappa shape index (κ1) is 21.6. The molecule has 0 aliphatic carbocycles. The monoisotopic (exact) mass is 446 g/mol. The molecular weight excluding hydrogens is 428 g/mol. The van der Waals surface area contributed by atoms with Crippen molar-refractivity contribution in [2.75, 3.05) is 0 Å². The minimum absolute atomic E-state index is 0.0911. The number of phenols is 2. The molecule has 0 spiro atoms. The summed E-state index contributed by atoms with van der Waals surface area (Å²) in [6, 6.07) is 10.5. The zero-order valence-corrected chi connectivity index (χ0v) is 16.2. The summed E-state index contributed by atoms with van der Waals surface area (Å²) >= 11 is 0. The second kappa shape index (κ2) is 8.13. The maximum Gasteiger partial charge on any atom is 0.335 e. The molecule has 2 heterocycles. The number of carboxylic acids is 1. The number of benzene rings is 2. The average molecular weight is 446 g/mol. The molecule has 168 valence electrons. The smallest absolute Gasteiger partial charge is 0.335 e. The molecule has 2 aromatic carbocycles. The lowest BCUT2D eigenvalue weighted by Crippen LogP contribution is -2.61. The van der Waals surface area contributed by atoms with Gasteiger partial charge in [-0.1, -0.05) is 30.3 Å². The summed E-state index contributed by atoms with van der Waals surface area (Å²) in [7, 11) is 0. The van der Waals surface area contributed by atoms with Crippen molar-refractivity contribution >= 4 is 16.9 Å². The molecule has 1 aliphatic rings. The van der Waals surface area contributed by atoms with Crippen LogP contribution in [0.5, 0.6) is 17.2 Å². The summed E-state index contributed by atoms with van der Waals surface area (Å²) in [4.78, 5) is 23.8. The van der Waals surface area contributed by atoms with Crippen LogP contribution in [0.4, 0.5) is 0 Å². The molecular formula is C21H18O11. The zero-order chi connectivity index (χ0) is 23.2. The molecule has 6 N–H and O–H groups in total. The SMILES string of the molecule is O=C(O)[C@H]1O[C@@H](Oc2cc(O)c3c(=O)cc(-c4ccccc4)oc3c2O)[C@H](O)[C@@H](O)[C@H]1O. The molecule has 1 saturated heterocycles. The molecule has 5 atom stereocenters.